The van der Waals surface area contributed by atoms with Gasteiger partial charge in [-0.05, 0) is 36.8 Å². The lowest BCUT2D eigenvalue weighted by atomic mass is 10.1. The summed E-state index contributed by atoms with van der Waals surface area (Å²) in [5.41, 5.74) is 1.46. The van der Waals surface area contributed by atoms with Crippen LogP contribution in [0, 0.1) is 0 Å². The molecule has 1 aromatic heterocycles. The van der Waals surface area contributed by atoms with E-state index in [1.165, 1.54) is 0 Å². The van der Waals surface area contributed by atoms with Gasteiger partial charge < -0.3 is 9.84 Å². The summed E-state index contributed by atoms with van der Waals surface area (Å²) in [5.74, 6) is 0.810. The van der Waals surface area contributed by atoms with Crippen molar-refractivity contribution in [2.24, 2.45) is 0 Å². The van der Waals surface area contributed by atoms with Crippen molar-refractivity contribution in [3.63, 3.8) is 0 Å². The molecule has 0 saturated carbocycles. The number of pyridine rings is 1. The van der Waals surface area contributed by atoms with E-state index in [1.54, 1.807) is 12.3 Å². The van der Waals surface area contributed by atoms with E-state index in [1.807, 2.05) is 43.3 Å². The van der Waals surface area contributed by atoms with E-state index in [4.69, 9.17) is 4.74 Å². The topological polar surface area (TPSA) is 42.4 Å². The van der Waals surface area contributed by atoms with Gasteiger partial charge in [0.2, 0.25) is 0 Å². The fourth-order valence-corrected chi connectivity index (χ4v) is 1.62. The molecule has 0 aliphatic carbocycles. The number of aliphatic hydroxyl groups is 1. The first-order valence-electron chi connectivity index (χ1n) is 5.63. The van der Waals surface area contributed by atoms with E-state index < -0.39 is 6.10 Å². The van der Waals surface area contributed by atoms with Crippen LogP contribution in [0.15, 0.2) is 48.7 Å². The van der Waals surface area contributed by atoms with Crippen LogP contribution in [0.3, 0.4) is 0 Å². The highest BCUT2D eigenvalue weighted by Gasteiger charge is 2.10. The highest BCUT2D eigenvalue weighted by atomic mass is 16.5. The molecule has 0 bridgehead atoms. The number of benzene rings is 1. The lowest BCUT2D eigenvalue weighted by Crippen LogP contribution is -2.01. The maximum atomic E-state index is 10.1. The van der Waals surface area contributed by atoms with Gasteiger partial charge in [0.1, 0.15) is 11.9 Å². The highest BCUT2D eigenvalue weighted by Crippen LogP contribution is 2.22. The Balaban J connectivity index is 2.17. The molecule has 0 radical (unpaired) electrons. The first-order valence-corrected chi connectivity index (χ1v) is 5.63. The van der Waals surface area contributed by atoms with Crippen LogP contribution in [-0.2, 0) is 0 Å². The quantitative estimate of drug-likeness (QED) is 0.876. The van der Waals surface area contributed by atoms with Crippen molar-refractivity contribution >= 4 is 0 Å². The molecule has 1 atom stereocenters. The molecule has 0 amide bonds. The average Bonchev–Trinajstić information content (AvgIpc) is 2.40. The third-order valence-corrected chi connectivity index (χ3v) is 2.47. The maximum absolute atomic E-state index is 10.1. The first kappa shape index (κ1) is 11.6. The van der Waals surface area contributed by atoms with Gasteiger partial charge in [-0.25, -0.2) is 0 Å². The summed E-state index contributed by atoms with van der Waals surface area (Å²) in [4.78, 5) is 4.13. The summed E-state index contributed by atoms with van der Waals surface area (Å²) < 4.78 is 5.35. The van der Waals surface area contributed by atoms with Crippen molar-refractivity contribution in [2.75, 3.05) is 6.61 Å². The van der Waals surface area contributed by atoms with Crippen LogP contribution < -0.4 is 4.74 Å². The van der Waals surface area contributed by atoms with E-state index >= 15 is 0 Å². The summed E-state index contributed by atoms with van der Waals surface area (Å²) >= 11 is 0. The SMILES string of the molecule is CCOc1ccc(C(O)c2ccccn2)cc1. The van der Waals surface area contributed by atoms with E-state index in [0.29, 0.717) is 12.3 Å². The number of aliphatic hydroxyl groups excluding tert-OH is 1. The molecule has 3 heteroatoms. The molecule has 2 rings (SSSR count). The number of rotatable bonds is 4. The Labute approximate surface area is 101 Å². The molecular weight excluding hydrogens is 214 g/mol. The minimum atomic E-state index is -0.688. The Kier molecular flexibility index (Phi) is 3.73. The van der Waals surface area contributed by atoms with Gasteiger partial charge in [-0.2, -0.15) is 0 Å². The van der Waals surface area contributed by atoms with Crippen LogP contribution in [0.25, 0.3) is 0 Å². The van der Waals surface area contributed by atoms with Crippen LogP contribution in [0.4, 0.5) is 0 Å². The van der Waals surface area contributed by atoms with Gasteiger partial charge in [0, 0.05) is 6.20 Å². The number of nitrogens with zero attached hydrogens (tertiary/aromatic N) is 1. The Morgan fingerprint density at radius 1 is 1.18 bits per heavy atom. The predicted octanol–water partition coefficient (Wildman–Crippen LogP) is 2.56. The van der Waals surface area contributed by atoms with Crippen molar-refractivity contribution in [1.82, 2.24) is 4.98 Å². The lowest BCUT2D eigenvalue weighted by Gasteiger charge is -2.11. The monoisotopic (exact) mass is 229 g/mol. The molecule has 1 unspecified atom stereocenters. The number of aromatic nitrogens is 1. The van der Waals surface area contributed by atoms with Gasteiger partial charge in [-0.3, -0.25) is 4.98 Å². The van der Waals surface area contributed by atoms with E-state index in [2.05, 4.69) is 4.98 Å². The summed E-state index contributed by atoms with van der Waals surface area (Å²) in [7, 11) is 0. The van der Waals surface area contributed by atoms with Crippen LogP contribution >= 0.6 is 0 Å². The molecule has 0 fully saturated rings. The van der Waals surface area contributed by atoms with E-state index in [-0.39, 0.29) is 0 Å². The van der Waals surface area contributed by atoms with Gasteiger partial charge >= 0.3 is 0 Å². The number of hydrogen-bond donors (Lipinski definition) is 1. The summed E-state index contributed by atoms with van der Waals surface area (Å²) in [6.45, 7) is 2.58. The second-order valence-electron chi connectivity index (χ2n) is 3.66. The maximum Gasteiger partial charge on any atom is 0.121 e. The Morgan fingerprint density at radius 2 is 1.94 bits per heavy atom. The van der Waals surface area contributed by atoms with Crippen LogP contribution in [0.2, 0.25) is 0 Å². The second kappa shape index (κ2) is 5.46. The molecule has 88 valence electrons. The van der Waals surface area contributed by atoms with Crippen molar-refractivity contribution in [1.29, 1.82) is 0 Å². The number of hydrogen-bond acceptors (Lipinski definition) is 3. The van der Waals surface area contributed by atoms with E-state index in [9.17, 15) is 5.11 Å². The van der Waals surface area contributed by atoms with Crippen LogP contribution in [0.1, 0.15) is 24.3 Å². The third kappa shape index (κ3) is 2.82. The Hall–Kier alpha value is -1.87. The fourth-order valence-electron chi connectivity index (χ4n) is 1.62. The molecule has 2 aromatic rings. The molecule has 3 nitrogen and oxygen atoms in total. The van der Waals surface area contributed by atoms with Crippen molar-refractivity contribution < 1.29 is 9.84 Å². The second-order valence-corrected chi connectivity index (χ2v) is 3.66. The van der Waals surface area contributed by atoms with Crippen LogP contribution in [-0.4, -0.2) is 16.7 Å². The predicted molar refractivity (Wildman–Crippen MR) is 65.9 cm³/mol. The molecule has 0 aliphatic rings. The zero-order valence-electron chi connectivity index (χ0n) is 9.71. The van der Waals surface area contributed by atoms with Gasteiger partial charge in [-0.1, -0.05) is 18.2 Å². The Bertz CT molecular complexity index is 453. The molecule has 0 spiro atoms. The summed E-state index contributed by atoms with van der Waals surface area (Å²) in [6, 6.07) is 12.9. The largest absolute Gasteiger partial charge is 0.494 e. The molecule has 1 heterocycles. The summed E-state index contributed by atoms with van der Waals surface area (Å²) in [6.07, 6.45) is 0.986. The molecule has 0 saturated heterocycles. The molecular formula is C14H15NO2. The van der Waals surface area contributed by atoms with Gasteiger partial charge in [0.05, 0.1) is 12.3 Å². The molecule has 0 aliphatic heterocycles. The van der Waals surface area contributed by atoms with E-state index in [0.717, 1.165) is 11.3 Å². The molecule has 17 heavy (non-hydrogen) atoms. The lowest BCUT2D eigenvalue weighted by molar-refractivity contribution is 0.215. The van der Waals surface area contributed by atoms with Crippen molar-refractivity contribution in [2.45, 2.75) is 13.0 Å². The molecule has 1 aromatic carbocycles. The third-order valence-electron chi connectivity index (χ3n) is 2.47. The fraction of sp³-hybridized carbons (Fsp3) is 0.214. The average molecular weight is 229 g/mol. The zero-order valence-corrected chi connectivity index (χ0v) is 9.71. The van der Waals surface area contributed by atoms with Gasteiger partial charge in [0.25, 0.3) is 0 Å². The molecule has 1 N–H and O–H groups in total. The standard InChI is InChI=1S/C14H15NO2/c1-2-17-12-8-6-11(7-9-12)14(16)13-5-3-4-10-15-13/h3-10,14,16H,2H2,1H3. The minimum absolute atomic E-state index is 0.641. The first-order chi connectivity index (χ1) is 8.31. The Morgan fingerprint density at radius 3 is 2.53 bits per heavy atom. The van der Waals surface area contributed by atoms with Crippen molar-refractivity contribution in [3.8, 4) is 5.75 Å². The minimum Gasteiger partial charge on any atom is -0.494 e. The highest BCUT2D eigenvalue weighted by molar-refractivity contribution is 5.31. The smallest absolute Gasteiger partial charge is 0.121 e. The van der Waals surface area contributed by atoms with Crippen LogP contribution in [0.5, 0.6) is 5.75 Å². The summed E-state index contributed by atoms with van der Waals surface area (Å²) in [5, 5.41) is 10.1. The number of ether oxygens (including phenoxy) is 1. The van der Waals surface area contributed by atoms with Gasteiger partial charge in [-0.15, -0.1) is 0 Å². The zero-order chi connectivity index (χ0) is 12.1. The van der Waals surface area contributed by atoms with Gasteiger partial charge in [0.15, 0.2) is 0 Å². The van der Waals surface area contributed by atoms with Crippen molar-refractivity contribution in [3.05, 3.63) is 59.9 Å². The normalized spacial score (nSPS) is 12.1.